The summed E-state index contributed by atoms with van der Waals surface area (Å²) in [5, 5.41) is 12.4. The maximum Gasteiger partial charge on any atom is 0.329 e. The molecule has 0 fully saturated rings. The van der Waals surface area contributed by atoms with Gasteiger partial charge in [0.15, 0.2) is 0 Å². The Morgan fingerprint density at radius 3 is 2.71 bits per heavy atom. The van der Waals surface area contributed by atoms with Gasteiger partial charge >= 0.3 is 5.97 Å². The number of aliphatic carboxylic acids is 1. The van der Waals surface area contributed by atoms with Crippen LogP contribution in [0.1, 0.15) is 25.3 Å². The summed E-state index contributed by atoms with van der Waals surface area (Å²) >= 11 is 0. The molecule has 0 heterocycles. The first-order valence-electron chi connectivity index (χ1n) is 5.68. The van der Waals surface area contributed by atoms with E-state index in [4.69, 9.17) is 0 Å². The van der Waals surface area contributed by atoms with Crippen LogP contribution in [-0.2, 0) is 4.79 Å². The molecule has 0 radical (unpaired) electrons. The smallest absolute Gasteiger partial charge is 0.329 e. The molecule has 17 heavy (non-hydrogen) atoms. The minimum Gasteiger partial charge on any atom is -0.480 e. The molecule has 0 aromatic heterocycles. The number of nitrogens with one attached hydrogen (secondary N) is 1. The van der Waals surface area contributed by atoms with Gasteiger partial charge in [0.1, 0.15) is 5.54 Å². The summed E-state index contributed by atoms with van der Waals surface area (Å²) in [6.07, 6.45) is 2.92. The van der Waals surface area contributed by atoms with Gasteiger partial charge in [-0.2, -0.15) is 0 Å². The molecule has 0 aliphatic rings. The van der Waals surface area contributed by atoms with Gasteiger partial charge in [-0.1, -0.05) is 24.3 Å². The number of rotatable bonds is 6. The first kappa shape index (κ1) is 13.3. The molecule has 1 aromatic rings. The van der Waals surface area contributed by atoms with E-state index in [-0.39, 0.29) is 0 Å². The topological polar surface area (TPSA) is 49.3 Å². The zero-order chi connectivity index (χ0) is 12.9. The van der Waals surface area contributed by atoms with E-state index >= 15 is 0 Å². The summed E-state index contributed by atoms with van der Waals surface area (Å²) in [5.41, 5.74) is 0.945. The summed E-state index contributed by atoms with van der Waals surface area (Å²) < 4.78 is 0. The van der Waals surface area contributed by atoms with E-state index in [2.05, 4.69) is 11.9 Å². The predicted molar refractivity (Wildman–Crippen MR) is 70.3 cm³/mol. The number of allylic oxidation sites excluding steroid dienone is 1. The van der Waals surface area contributed by atoms with Crippen LogP contribution in [0.5, 0.6) is 0 Å². The van der Waals surface area contributed by atoms with Crippen LogP contribution in [0.25, 0.3) is 0 Å². The third-order valence-electron chi connectivity index (χ3n) is 2.88. The summed E-state index contributed by atoms with van der Waals surface area (Å²) in [5.74, 6) is -0.845. The van der Waals surface area contributed by atoms with Gasteiger partial charge in [-0.15, -0.1) is 6.58 Å². The molecule has 1 aromatic carbocycles. The number of para-hydroxylation sites is 1. The van der Waals surface area contributed by atoms with Crippen LogP contribution in [0.2, 0.25) is 0 Å². The third kappa shape index (κ3) is 3.34. The monoisotopic (exact) mass is 233 g/mol. The van der Waals surface area contributed by atoms with Crippen molar-refractivity contribution in [1.29, 1.82) is 0 Å². The summed E-state index contributed by atoms with van der Waals surface area (Å²) in [4.78, 5) is 11.3. The third-order valence-corrected chi connectivity index (χ3v) is 2.88. The van der Waals surface area contributed by atoms with E-state index < -0.39 is 11.5 Å². The Morgan fingerprint density at radius 1 is 1.53 bits per heavy atom. The highest BCUT2D eigenvalue weighted by molar-refractivity contribution is 5.82. The lowest BCUT2D eigenvalue weighted by atomic mass is 9.95. The largest absolute Gasteiger partial charge is 0.480 e. The van der Waals surface area contributed by atoms with Crippen molar-refractivity contribution < 1.29 is 9.90 Å². The van der Waals surface area contributed by atoms with Gasteiger partial charge in [0.25, 0.3) is 0 Å². The number of anilines is 1. The quantitative estimate of drug-likeness (QED) is 0.742. The van der Waals surface area contributed by atoms with E-state index in [9.17, 15) is 9.90 Å². The first-order valence-corrected chi connectivity index (χ1v) is 5.68. The number of benzene rings is 1. The molecule has 0 aliphatic heterocycles. The lowest BCUT2D eigenvalue weighted by molar-refractivity contribution is -0.141. The summed E-state index contributed by atoms with van der Waals surface area (Å²) in [6, 6.07) is 7.68. The van der Waals surface area contributed by atoms with E-state index in [0.29, 0.717) is 12.8 Å². The zero-order valence-corrected chi connectivity index (χ0v) is 10.4. The van der Waals surface area contributed by atoms with Crippen molar-refractivity contribution >= 4 is 11.7 Å². The number of hydrogen-bond acceptors (Lipinski definition) is 2. The van der Waals surface area contributed by atoms with Crippen molar-refractivity contribution in [3.63, 3.8) is 0 Å². The minimum atomic E-state index is -0.958. The molecule has 1 unspecified atom stereocenters. The van der Waals surface area contributed by atoms with Gasteiger partial charge in [0.2, 0.25) is 0 Å². The van der Waals surface area contributed by atoms with Crippen LogP contribution < -0.4 is 5.32 Å². The van der Waals surface area contributed by atoms with Gasteiger partial charge in [-0.05, 0) is 38.3 Å². The van der Waals surface area contributed by atoms with E-state index in [0.717, 1.165) is 11.3 Å². The first-order chi connectivity index (χ1) is 7.99. The average Bonchev–Trinajstić information content (AvgIpc) is 2.29. The Hall–Kier alpha value is -1.77. The molecule has 2 N–H and O–H groups in total. The molecule has 0 saturated carbocycles. The average molecular weight is 233 g/mol. The second-order valence-corrected chi connectivity index (χ2v) is 4.40. The molecule has 3 nitrogen and oxygen atoms in total. The highest BCUT2D eigenvalue weighted by atomic mass is 16.4. The van der Waals surface area contributed by atoms with Crippen molar-refractivity contribution in [2.75, 3.05) is 5.32 Å². The van der Waals surface area contributed by atoms with Crippen molar-refractivity contribution in [3.8, 4) is 0 Å². The highest BCUT2D eigenvalue weighted by Gasteiger charge is 2.32. The summed E-state index contributed by atoms with van der Waals surface area (Å²) in [6.45, 7) is 7.28. The number of carboxylic acids is 1. The zero-order valence-electron chi connectivity index (χ0n) is 10.4. The van der Waals surface area contributed by atoms with Gasteiger partial charge < -0.3 is 10.4 Å². The van der Waals surface area contributed by atoms with Crippen LogP contribution in [0.15, 0.2) is 36.9 Å². The SMILES string of the molecule is C=CCCC(C)(Nc1ccccc1C)C(=O)O. The molecule has 1 rings (SSSR count). The molecule has 92 valence electrons. The molecule has 0 aliphatic carbocycles. The van der Waals surface area contributed by atoms with Crippen LogP contribution in [0, 0.1) is 6.92 Å². The molecule has 0 amide bonds. The lowest BCUT2D eigenvalue weighted by Crippen LogP contribution is -2.43. The maximum atomic E-state index is 11.3. The molecule has 1 atom stereocenters. The van der Waals surface area contributed by atoms with Crippen molar-refractivity contribution in [3.05, 3.63) is 42.5 Å². The lowest BCUT2D eigenvalue weighted by Gasteiger charge is -2.28. The van der Waals surface area contributed by atoms with Crippen molar-refractivity contribution in [2.24, 2.45) is 0 Å². The van der Waals surface area contributed by atoms with Crippen molar-refractivity contribution in [2.45, 2.75) is 32.2 Å². The standard InChI is InChI=1S/C14H19NO2/c1-4-5-10-14(3,13(16)17)15-12-9-7-6-8-11(12)2/h4,6-9,15H,1,5,10H2,2-3H3,(H,16,17). The van der Waals surface area contributed by atoms with Gasteiger partial charge in [-0.25, -0.2) is 4.79 Å². The fourth-order valence-corrected chi connectivity index (χ4v) is 1.62. The second-order valence-electron chi connectivity index (χ2n) is 4.40. The van der Waals surface area contributed by atoms with Crippen LogP contribution in [-0.4, -0.2) is 16.6 Å². The number of hydrogen-bond donors (Lipinski definition) is 2. The highest BCUT2D eigenvalue weighted by Crippen LogP contribution is 2.23. The number of aryl methyl sites for hydroxylation is 1. The fraction of sp³-hybridized carbons (Fsp3) is 0.357. The van der Waals surface area contributed by atoms with Crippen LogP contribution in [0.4, 0.5) is 5.69 Å². The molecule has 3 heteroatoms. The number of carboxylic acid groups (broad SMARTS) is 1. The van der Waals surface area contributed by atoms with E-state index in [1.54, 1.807) is 13.0 Å². The van der Waals surface area contributed by atoms with Gasteiger partial charge in [-0.3, -0.25) is 0 Å². The predicted octanol–water partition coefficient (Wildman–Crippen LogP) is 3.22. The summed E-state index contributed by atoms with van der Waals surface area (Å²) in [7, 11) is 0. The molecule has 0 saturated heterocycles. The molecular formula is C14H19NO2. The van der Waals surface area contributed by atoms with Gasteiger partial charge in [0.05, 0.1) is 0 Å². The number of carbonyl (C=O) groups is 1. The minimum absolute atomic E-state index is 0.514. The molecule has 0 bridgehead atoms. The fourth-order valence-electron chi connectivity index (χ4n) is 1.62. The Kier molecular flexibility index (Phi) is 4.32. The molecule has 0 spiro atoms. The Labute approximate surface area is 102 Å². The maximum absolute atomic E-state index is 11.3. The van der Waals surface area contributed by atoms with Gasteiger partial charge in [0, 0.05) is 5.69 Å². The van der Waals surface area contributed by atoms with E-state index in [1.807, 2.05) is 31.2 Å². The van der Waals surface area contributed by atoms with Crippen molar-refractivity contribution in [1.82, 2.24) is 0 Å². The van der Waals surface area contributed by atoms with Crippen LogP contribution in [0.3, 0.4) is 0 Å². The van der Waals surface area contributed by atoms with E-state index in [1.165, 1.54) is 0 Å². The Morgan fingerprint density at radius 2 is 2.18 bits per heavy atom. The normalized spacial score (nSPS) is 13.8. The van der Waals surface area contributed by atoms with Crippen LogP contribution >= 0.6 is 0 Å². The molecular weight excluding hydrogens is 214 g/mol. The Bertz CT molecular complexity index is 414. The second kappa shape index (κ2) is 5.53. The Balaban J connectivity index is 2.90.